The molecule has 1 aliphatic heterocycles. The highest BCUT2D eigenvalue weighted by molar-refractivity contribution is 7.99. The minimum atomic E-state index is 0.0438. The first kappa shape index (κ1) is 13.6. The van der Waals surface area contributed by atoms with Crippen LogP contribution in [0.5, 0.6) is 0 Å². The fraction of sp³-hybridized carbons (Fsp3) is 0.357. The topological polar surface area (TPSA) is 46.1 Å². The van der Waals surface area contributed by atoms with E-state index in [1.807, 2.05) is 35.7 Å². The first-order valence-electron chi connectivity index (χ1n) is 6.47. The van der Waals surface area contributed by atoms with Gasteiger partial charge in [-0.3, -0.25) is 4.79 Å². The summed E-state index contributed by atoms with van der Waals surface area (Å²) >= 11 is 3.00. The molecule has 104 valence electrons. The van der Waals surface area contributed by atoms with E-state index in [0.717, 1.165) is 11.4 Å². The number of hydrogen-bond acceptors (Lipinski definition) is 5. The van der Waals surface area contributed by atoms with Gasteiger partial charge in [0.1, 0.15) is 4.88 Å². The van der Waals surface area contributed by atoms with Crippen molar-refractivity contribution in [3.63, 3.8) is 0 Å². The molecule has 0 radical (unpaired) electrons. The van der Waals surface area contributed by atoms with Crippen LogP contribution in [0.3, 0.4) is 0 Å². The fourth-order valence-electron chi connectivity index (χ4n) is 2.25. The number of carbonyl (C=O) groups excluding carboxylic acids is 1. The van der Waals surface area contributed by atoms with Crippen LogP contribution in [0.1, 0.15) is 27.9 Å². The molecule has 0 N–H and O–H groups in total. The molecule has 2 heterocycles. The summed E-state index contributed by atoms with van der Waals surface area (Å²) in [5, 5.41) is 3.94. The third-order valence-corrected chi connectivity index (χ3v) is 5.61. The summed E-state index contributed by atoms with van der Waals surface area (Å²) < 4.78 is 3.87. The van der Waals surface area contributed by atoms with Gasteiger partial charge in [-0.1, -0.05) is 22.7 Å². The van der Waals surface area contributed by atoms with Crippen LogP contribution >= 0.6 is 23.3 Å². The maximum absolute atomic E-state index is 12.7. The maximum Gasteiger partial charge on any atom is 0.268 e. The number of rotatable bonds is 1. The molecule has 1 atom stereocenters. The van der Waals surface area contributed by atoms with E-state index in [1.165, 1.54) is 22.0 Å². The average molecular weight is 305 g/mol. The van der Waals surface area contributed by atoms with Gasteiger partial charge in [0, 0.05) is 23.2 Å². The van der Waals surface area contributed by atoms with Crippen molar-refractivity contribution < 1.29 is 4.79 Å². The van der Waals surface area contributed by atoms with E-state index in [4.69, 9.17) is 0 Å². The molecule has 0 saturated carbocycles. The van der Waals surface area contributed by atoms with Crippen LogP contribution in [0.25, 0.3) is 0 Å². The molecular formula is C14H15N3OS2. The average Bonchev–Trinajstić information content (AvgIpc) is 2.80. The molecule has 0 spiro atoms. The third kappa shape index (κ3) is 2.45. The van der Waals surface area contributed by atoms with Crippen molar-refractivity contribution in [1.82, 2.24) is 14.5 Å². The van der Waals surface area contributed by atoms with Gasteiger partial charge < -0.3 is 4.90 Å². The number of carbonyl (C=O) groups is 1. The highest BCUT2D eigenvalue weighted by atomic mass is 32.2. The zero-order valence-corrected chi connectivity index (χ0v) is 13.0. The first-order chi connectivity index (χ1) is 9.66. The number of fused-ring (bicyclic) bond motifs is 1. The number of hydrogen-bond donors (Lipinski definition) is 0. The second-order valence-electron chi connectivity index (χ2n) is 4.89. The molecule has 20 heavy (non-hydrogen) atoms. The lowest BCUT2D eigenvalue weighted by atomic mass is 10.1. The molecule has 4 nitrogen and oxygen atoms in total. The lowest BCUT2D eigenvalue weighted by Crippen LogP contribution is -2.38. The Kier molecular flexibility index (Phi) is 3.76. The molecule has 1 aliphatic rings. The Hall–Kier alpha value is -1.40. The highest BCUT2D eigenvalue weighted by Crippen LogP contribution is 2.31. The summed E-state index contributed by atoms with van der Waals surface area (Å²) in [6.07, 6.45) is 0. The molecule has 1 aromatic heterocycles. The standard InChI is InChI=1S/C14H15N3OS2/c1-9-8-19-12-6-4-3-5-11(12)7-17(9)14(18)13-10(2)15-16-20-13/h3-6,9H,7-8H2,1-2H3/t9-/m0/s1. The lowest BCUT2D eigenvalue weighted by molar-refractivity contribution is 0.0698. The smallest absolute Gasteiger partial charge is 0.268 e. The summed E-state index contributed by atoms with van der Waals surface area (Å²) in [5.74, 6) is 0.955. The van der Waals surface area contributed by atoms with Gasteiger partial charge in [0.15, 0.2) is 0 Å². The van der Waals surface area contributed by atoms with E-state index in [1.54, 1.807) is 0 Å². The lowest BCUT2D eigenvalue weighted by Gasteiger charge is -2.26. The van der Waals surface area contributed by atoms with Crippen molar-refractivity contribution in [2.75, 3.05) is 5.75 Å². The molecule has 0 fully saturated rings. The van der Waals surface area contributed by atoms with Crippen molar-refractivity contribution in [3.05, 3.63) is 40.4 Å². The van der Waals surface area contributed by atoms with Crippen molar-refractivity contribution in [1.29, 1.82) is 0 Å². The van der Waals surface area contributed by atoms with Gasteiger partial charge in [-0.2, -0.15) is 0 Å². The number of aromatic nitrogens is 2. The zero-order chi connectivity index (χ0) is 14.1. The Balaban J connectivity index is 1.93. The molecular weight excluding hydrogens is 290 g/mol. The Morgan fingerprint density at radius 1 is 1.40 bits per heavy atom. The molecule has 2 aromatic rings. The van der Waals surface area contributed by atoms with Crippen LogP contribution in [0, 0.1) is 6.92 Å². The van der Waals surface area contributed by atoms with Crippen LogP contribution in [-0.2, 0) is 6.54 Å². The molecule has 0 aliphatic carbocycles. The summed E-state index contributed by atoms with van der Waals surface area (Å²) in [5.41, 5.74) is 1.93. The van der Waals surface area contributed by atoms with E-state index in [-0.39, 0.29) is 11.9 Å². The van der Waals surface area contributed by atoms with Crippen LogP contribution in [-0.4, -0.2) is 32.2 Å². The Bertz CT molecular complexity index is 641. The van der Waals surface area contributed by atoms with E-state index >= 15 is 0 Å². The van der Waals surface area contributed by atoms with E-state index in [2.05, 4.69) is 28.6 Å². The molecule has 0 bridgehead atoms. The minimum Gasteiger partial charge on any atom is -0.330 e. The van der Waals surface area contributed by atoms with Gasteiger partial charge in [-0.25, -0.2) is 0 Å². The zero-order valence-electron chi connectivity index (χ0n) is 11.4. The van der Waals surface area contributed by atoms with E-state index < -0.39 is 0 Å². The number of aryl methyl sites for hydroxylation is 1. The Morgan fingerprint density at radius 3 is 2.95 bits per heavy atom. The highest BCUT2D eigenvalue weighted by Gasteiger charge is 2.28. The van der Waals surface area contributed by atoms with E-state index in [9.17, 15) is 4.79 Å². The number of amides is 1. The monoisotopic (exact) mass is 305 g/mol. The first-order valence-corrected chi connectivity index (χ1v) is 8.23. The van der Waals surface area contributed by atoms with Crippen LogP contribution in [0.4, 0.5) is 0 Å². The van der Waals surface area contributed by atoms with Gasteiger partial charge >= 0.3 is 0 Å². The quantitative estimate of drug-likeness (QED) is 0.812. The number of thioether (sulfide) groups is 1. The van der Waals surface area contributed by atoms with E-state index in [0.29, 0.717) is 11.4 Å². The minimum absolute atomic E-state index is 0.0438. The predicted molar refractivity (Wildman–Crippen MR) is 81.1 cm³/mol. The molecule has 3 rings (SSSR count). The van der Waals surface area contributed by atoms with Crippen molar-refractivity contribution >= 4 is 29.2 Å². The van der Waals surface area contributed by atoms with Gasteiger partial charge in [0.25, 0.3) is 5.91 Å². The summed E-state index contributed by atoms with van der Waals surface area (Å²) in [4.78, 5) is 16.6. The van der Waals surface area contributed by atoms with Gasteiger partial charge in [0.2, 0.25) is 0 Å². The van der Waals surface area contributed by atoms with Crippen molar-refractivity contribution in [2.45, 2.75) is 31.3 Å². The largest absolute Gasteiger partial charge is 0.330 e. The van der Waals surface area contributed by atoms with Crippen LogP contribution in [0.15, 0.2) is 29.2 Å². The predicted octanol–water partition coefficient (Wildman–Crippen LogP) is 2.98. The molecule has 1 aromatic carbocycles. The molecule has 1 amide bonds. The molecule has 0 saturated heterocycles. The molecule has 0 unspecified atom stereocenters. The van der Waals surface area contributed by atoms with Gasteiger partial charge in [0.05, 0.1) is 5.69 Å². The SMILES string of the molecule is Cc1nnsc1C(=O)N1Cc2ccccc2SC[C@@H]1C. The maximum atomic E-state index is 12.7. The second-order valence-corrected chi connectivity index (χ2v) is 6.70. The van der Waals surface area contributed by atoms with Gasteiger partial charge in [-0.15, -0.1) is 16.9 Å². The van der Waals surface area contributed by atoms with Crippen molar-refractivity contribution in [2.24, 2.45) is 0 Å². The summed E-state index contributed by atoms with van der Waals surface area (Å²) in [6.45, 7) is 4.59. The molecule has 6 heteroatoms. The summed E-state index contributed by atoms with van der Waals surface area (Å²) in [7, 11) is 0. The Labute approximate surface area is 126 Å². The fourth-order valence-corrected chi connectivity index (χ4v) is 3.95. The van der Waals surface area contributed by atoms with Crippen molar-refractivity contribution in [3.8, 4) is 0 Å². The summed E-state index contributed by atoms with van der Waals surface area (Å²) in [6, 6.07) is 8.49. The third-order valence-electron chi connectivity index (χ3n) is 3.43. The van der Waals surface area contributed by atoms with Crippen LogP contribution < -0.4 is 0 Å². The number of nitrogens with zero attached hydrogens (tertiary/aromatic N) is 3. The van der Waals surface area contributed by atoms with Crippen LogP contribution in [0.2, 0.25) is 0 Å². The Morgan fingerprint density at radius 2 is 2.20 bits per heavy atom. The normalized spacial score (nSPS) is 18.5. The number of benzene rings is 1. The van der Waals surface area contributed by atoms with Gasteiger partial charge in [-0.05, 0) is 37.0 Å². The second kappa shape index (κ2) is 5.54.